The van der Waals surface area contributed by atoms with E-state index in [-0.39, 0.29) is 12.1 Å². The van der Waals surface area contributed by atoms with Crippen molar-refractivity contribution in [1.82, 2.24) is 4.98 Å². The standard InChI is InChI=1S/C13H10F2N2O/c14-12(15)6-5-10-9-4-2-1-3-8(9)7-11(17-10)13(16)18/h1-4,6-7H,5H2,(H2,16,18). The Bertz CT molecular complexity index is 634. The highest BCUT2D eigenvalue weighted by atomic mass is 19.3. The van der Waals surface area contributed by atoms with Crippen molar-refractivity contribution in [2.75, 3.05) is 0 Å². The fourth-order valence-electron chi connectivity index (χ4n) is 1.73. The minimum absolute atomic E-state index is 0.0377. The van der Waals surface area contributed by atoms with Crippen molar-refractivity contribution in [3.63, 3.8) is 0 Å². The SMILES string of the molecule is NC(=O)c1cc2ccccc2c(CC=C(F)F)n1. The van der Waals surface area contributed by atoms with Gasteiger partial charge in [0.05, 0.1) is 5.69 Å². The Morgan fingerprint density at radius 2 is 2.06 bits per heavy atom. The van der Waals surface area contributed by atoms with Crippen molar-refractivity contribution in [2.24, 2.45) is 5.73 Å². The minimum Gasteiger partial charge on any atom is -0.364 e. The first-order valence-electron chi connectivity index (χ1n) is 5.27. The zero-order valence-electron chi connectivity index (χ0n) is 9.36. The maximum Gasteiger partial charge on any atom is 0.267 e. The smallest absolute Gasteiger partial charge is 0.267 e. The summed E-state index contributed by atoms with van der Waals surface area (Å²) in [5, 5.41) is 1.49. The van der Waals surface area contributed by atoms with Crippen LogP contribution in [0, 0.1) is 0 Å². The Morgan fingerprint density at radius 1 is 1.33 bits per heavy atom. The number of amides is 1. The summed E-state index contributed by atoms with van der Waals surface area (Å²) < 4.78 is 24.2. The Labute approximate surface area is 102 Å². The molecule has 0 aliphatic heterocycles. The molecule has 0 atom stereocenters. The van der Waals surface area contributed by atoms with Gasteiger partial charge in [-0.15, -0.1) is 0 Å². The molecule has 0 spiro atoms. The van der Waals surface area contributed by atoms with Crippen LogP contribution >= 0.6 is 0 Å². The summed E-state index contributed by atoms with van der Waals surface area (Å²) in [6.07, 6.45) is -1.05. The Hall–Kier alpha value is -2.30. The molecule has 1 aromatic carbocycles. The first-order valence-corrected chi connectivity index (χ1v) is 5.27. The van der Waals surface area contributed by atoms with E-state index in [0.717, 1.165) is 16.8 Å². The van der Waals surface area contributed by atoms with E-state index in [1.54, 1.807) is 30.3 Å². The normalized spacial score (nSPS) is 10.3. The highest BCUT2D eigenvalue weighted by Crippen LogP contribution is 2.19. The second-order valence-electron chi connectivity index (χ2n) is 3.74. The molecule has 0 saturated heterocycles. The molecule has 0 fully saturated rings. The number of hydrogen-bond acceptors (Lipinski definition) is 2. The number of allylic oxidation sites excluding steroid dienone is 1. The molecule has 2 rings (SSSR count). The van der Waals surface area contributed by atoms with Gasteiger partial charge in [-0.1, -0.05) is 24.3 Å². The van der Waals surface area contributed by atoms with Crippen LogP contribution in [0.2, 0.25) is 0 Å². The van der Waals surface area contributed by atoms with E-state index in [0.29, 0.717) is 5.69 Å². The topological polar surface area (TPSA) is 56.0 Å². The molecule has 2 N–H and O–H groups in total. The van der Waals surface area contributed by atoms with Gasteiger partial charge in [0.25, 0.3) is 12.0 Å². The summed E-state index contributed by atoms with van der Waals surface area (Å²) in [5.74, 6) is -0.674. The lowest BCUT2D eigenvalue weighted by Gasteiger charge is -2.05. The molecule has 18 heavy (non-hydrogen) atoms. The van der Waals surface area contributed by atoms with Crippen LogP contribution in [0.4, 0.5) is 8.78 Å². The maximum absolute atomic E-state index is 12.1. The molecule has 0 saturated carbocycles. The second kappa shape index (κ2) is 4.91. The molecule has 92 valence electrons. The van der Waals surface area contributed by atoms with E-state index in [9.17, 15) is 13.6 Å². The number of primary amides is 1. The molecule has 5 heteroatoms. The van der Waals surface area contributed by atoms with Crippen molar-refractivity contribution < 1.29 is 13.6 Å². The number of fused-ring (bicyclic) bond motifs is 1. The van der Waals surface area contributed by atoms with E-state index >= 15 is 0 Å². The van der Waals surface area contributed by atoms with Crippen molar-refractivity contribution in [2.45, 2.75) is 6.42 Å². The van der Waals surface area contributed by atoms with Gasteiger partial charge in [-0.05, 0) is 17.5 Å². The van der Waals surface area contributed by atoms with Gasteiger partial charge in [-0.3, -0.25) is 4.79 Å². The Morgan fingerprint density at radius 3 is 2.72 bits per heavy atom. The van der Waals surface area contributed by atoms with E-state index < -0.39 is 12.0 Å². The van der Waals surface area contributed by atoms with Crippen molar-refractivity contribution in [3.05, 3.63) is 53.9 Å². The molecule has 0 unspecified atom stereocenters. The number of aromatic nitrogens is 1. The summed E-state index contributed by atoms with van der Waals surface area (Å²) >= 11 is 0. The monoisotopic (exact) mass is 248 g/mol. The van der Waals surface area contributed by atoms with Gasteiger partial charge in [0.15, 0.2) is 0 Å². The largest absolute Gasteiger partial charge is 0.364 e. The number of rotatable bonds is 3. The molecule has 1 aromatic heterocycles. The highest BCUT2D eigenvalue weighted by molar-refractivity contribution is 5.96. The summed E-state index contributed by atoms with van der Waals surface area (Å²) in [4.78, 5) is 15.2. The Kier molecular flexibility index (Phi) is 3.32. The molecule has 1 amide bonds. The fourth-order valence-corrected chi connectivity index (χ4v) is 1.73. The summed E-state index contributed by atoms with van der Waals surface area (Å²) in [6, 6.07) is 8.68. The van der Waals surface area contributed by atoms with Gasteiger partial charge in [0.1, 0.15) is 5.69 Å². The van der Waals surface area contributed by atoms with E-state index in [1.165, 1.54) is 0 Å². The number of nitrogens with two attached hydrogens (primary N) is 1. The van der Waals surface area contributed by atoms with Crippen LogP contribution in [0.1, 0.15) is 16.2 Å². The Balaban J connectivity index is 2.60. The lowest BCUT2D eigenvalue weighted by molar-refractivity contribution is 0.0995. The zero-order chi connectivity index (χ0) is 13.1. The molecule has 0 radical (unpaired) electrons. The average molecular weight is 248 g/mol. The third kappa shape index (κ3) is 2.51. The molecule has 3 nitrogen and oxygen atoms in total. The van der Waals surface area contributed by atoms with Crippen LogP contribution in [-0.2, 0) is 6.42 Å². The fraction of sp³-hybridized carbons (Fsp3) is 0.0769. The van der Waals surface area contributed by atoms with Gasteiger partial charge in [0, 0.05) is 11.8 Å². The summed E-state index contributed by atoms with van der Waals surface area (Å²) in [6.45, 7) is 0. The highest BCUT2D eigenvalue weighted by Gasteiger charge is 2.08. The molecule has 0 bridgehead atoms. The number of nitrogens with zero attached hydrogens (tertiary/aromatic N) is 1. The third-order valence-corrected chi connectivity index (χ3v) is 2.52. The molecule has 0 aliphatic carbocycles. The van der Waals surface area contributed by atoms with E-state index in [4.69, 9.17) is 5.73 Å². The maximum atomic E-state index is 12.1. The van der Waals surface area contributed by atoms with Crippen LogP contribution in [0.5, 0.6) is 0 Å². The number of carbonyl (C=O) groups is 1. The summed E-state index contributed by atoms with van der Waals surface area (Å²) in [5.41, 5.74) is 5.66. The van der Waals surface area contributed by atoms with Gasteiger partial charge < -0.3 is 5.73 Å². The van der Waals surface area contributed by atoms with Crippen molar-refractivity contribution >= 4 is 16.7 Å². The quantitative estimate of drug-likeness (QED) is 0.907. The molecule has 2 aromatic rings. The van der Waals surface area contributed by atoms with Gasteiger partial charge in [-0.25, -0.2) is 4.98 Å². The number of benzene rings is 1. The average Bonchev–Trinajstić information content (AvgIpc) is 2.35. The van der Waals surface area contributed by atoms with Crippen molar-refractivity contribution in [3.8, 4) is 0 Å². The second-order valence-corrected chi connectivity index (χ2v) is 3.74. The molecular weight excluding hydrogens is 238 g/mol. The predicted octanol–water partition coefficient (Wildman–Crippen LogP) is 2.66. The van der Waals surface area contributed by atoms with E-state index in [1.807, 2.05) is 0 Å². The van der Waals surface area contributed by atoms with Crippen LogP contribution in [0.15, 0.2) is 42.5 Å². The predicted molar refractivity (Wildman–Crippen MR) is 64.3 cm³/mol. The van der Waals surface area contributed by atoms with Crippen LogP contribution < -0.4 is 5.73 Å². The summed E-state index contributed by atoms with van der Waals surface area (Å²) in [7, 11) is 0. The number of carbonyl (C=O) groups excluding carboxylic acids is 1. The first kappa shape index (κ1) is 12.2. The van der Waals surface area contributed by atoms with Gasteiger partial charge in [-0.2, -0.15) is 8.78 Å². The van der Waals surface area contributed by atoms with Crippen molar-refractivity contribution in [1.29, 1.82) is 0 Å². The molecule has 0 aliphatic rings. The number of hydrogen-bond donors (Lipinski definition) is 1. The lowest BCUT2D eigenvalue weighted by atomic mass is 10.1. The minimum atomic E-state index is -1.77. The molecular formula is C13H10F2N2O. The van der Waals surface area contributed by atoms with Crippen LogP contribution in [-0.4, -0.2) is 10.9 Å². The lowest BCUT2D eigenvalue weighted by Crippen LogP contribution is -2.14. The van der Waals surface area contributed by atoms with Crippen LogP contribution in [0.25, 0.3) is 10.8 Å². The van der Waals surface area contributed by atoms with Gasteiger partial charge >= 0.3 is 0 Å². The number of pyridine rings is 1. The molecule has 1 heterocycles. The van der Waals surface area contributed by atoms with Gasteiger partial charge in [0.2, 0.25) is 0 Å². The zero-order valence-corrected chi connectivity index (χ0v) is 9.36. The first-order chi connectivity index (χ1) is 8.58. The van der Waals surface area contributed by atoms with Crippen LogP contribution in [0.3, 0.4) is 0 Å². The third-order valence-electron chi connectivity index (χ3n) is 2.52. The number of halogens is 2. The van der Waals surface area contributed by atoms with E-state index in [2.05, 4.69) is 4.98 Å².